The van der Waals surface area contributed by atoms with Crippen molar-refractivity contribution in [3.8, 4) is 0 Å². The number of aliphatic hydroxyl groups is 2. The maximum absolute atomic E-state index is 11.7. The van der Waals surface area contributed by atoms with E-state index in [1.54, 1.807) is 0 Å². The molecule has 4 aliphatic rings. The lowest BCUT2D eigenvalue weighted by atomic mass is 9.42. The molecule has 4 N–H and O–H groups in total. The Morgan fingerprint density at radius 3 is 2.33 bits per heavy atom. The van der Waals surface area contributed by atoms with Crippen LogP contribution in [0.3, 0.4) is 0 Å². The second-order valence-corrected chi connectivity index (χ2v) is 12.9. The summed E-state index contributed by atoms with van der Waals surface area (Å²) in [6, 6.07) is -0.268. The molecule has 10 atom stereocenters. The Kier molecular flexibility index (Phi) is 6.17. The maximum atomic E-state index is 11.7. The van der Waals surface area contributed by atoms with Gasteiger partial charge in [-0.3, -0.25) is 0 Å². The Morgan fingerprint density at radius 1 is 0.900 bits per heavy atom. The zero-order valence-corrected chi connectivity index (χ0v) is 20.4. The van der Waals surface area contributed by atoms with Gasteiger partial charge in [0, 0.05) is 11.5 Å². The van der Waals surface area contributed by atoms with Crippen LogP contribution in [0.4, 0.5) is 0 Å². The molecule has 4 rings (SSSR count). The van der Waals surface area contributed by atoms with Gasteiger partial charge in [0.2, 0.25) is 0 Å². The maximum Gasteiger partial charge on any atom is 0.0982 e. The number of hydrogen-bond donors (Lipinski definition) is 3. The van der Waals surface area contributed by atoms with Crippen molar-refractivity contribution < 1.29 is 10.2 Å². The molecule has 0 bridgehead atoms. The van der Waals surface area contributed by atoms with Crippen LogP contribution in [-0.2, 0) is 0 Å². The van der Waals surface area contributed by atoms with Crippen LogP contribution in [-0.4, -0.2) is 28.0 Å². The molecule has 3 heteroatoms. The van der Waals surface area contributed by atoms with E-state index in [4.69, 9.17) is 5.73 Å². The van der Waals surface area contributed by atoms with Crippen LogP contribution in [0, 0.1) is 46.3 Å². The molecule has 30 heavy (non-hydrogen) atoms. The first kappa shape index (κ1) is 23.1. The molecule has 0 aromatic rings. The molecule has 4 aliphatic carbocycles. The molecule has 174 valence electrons. The molecule has 0 saturated heterocycles. The predicted molar refractivity (Wildman–Crippen MR) is 124 cm³/mol. The van der Waals surface area contributed by atoms with E-state index in [-0.39, 0.29) is 11.5 Å². The predicted octanol–water partition coefficient (Wildman–Crippen LogP) is 5.52. The molecule has 0 amide bonds. The van der Waals surface area contributed by atoms with Gasteiger partial charge in [0.05, 0.1) is 11.7 Å². The standard InChI is InChI=1S/C27H49NO2/c1-17(2)7-6-8-18(3)20-9-10-21-19-11-16-27(30)24(29)23(28)13-15-26(27,5)22(19)12-14-25(20,21)4/h17-24,29-30H,6-16,28H2,1-5H3/t18-,19?,20-,21?,22?,23+,24-,25?,26-,27-/m1/s1. The zero-order chi connectivity index (χ0) is 21.9. The minimum Gasteiger partial charge on any atom is -0.388 e. The number of fused-ring (bicyclic) bond motifs is 5. The molecular weight excluding hydrogens is 370 g/mol. The summed E-state index contributed by atoms with van der Waals surface area (Å²) in [4.78, 5) is 0. The van der Waals surface area contributed by atoms with Gasteiger partial charge in [-0.1, -0.05) is 53.9 Å². The minimum absolute atomic E-state index is 0.173. The quantitative estimate of drug-likeness (QED) is 0.549. The third-order valence-corrected chi connectivity index (χ3v) is 11.2. The number of aliphatic hydroxyl groups excluding tert-OH is 1. The average molecular weight is 420 g/mol. The largest absolute Gasteiger partial charge is 0.388 e. The van der Waals surface area contributed by atoms with Crippen LogP contribution in [0.5, 0.6) is 0 Å². The van der Waals surface area contributed by atoms with Crippen molar-refractivity contribution in [2.45, 2.75) is 123 Å². The first-order valence-corrected chi connectivity index (χ1v) is 13.2. The van der Waals surface area contributed by atoms with Crippen molar-refractivity contribution in [3.63, 3.8) is 0 Å². The molecule has 4 unspecified atom stereocenters. The Bertz CT molecular complexity index is 622. The summed E-state index contributed by atoms with van der Waals surface area (Å²) in [6.45, 7) is 12.1. The molecule has 4 saturated carbocycles. The van der Waals surface area contributed by atoms with Gasteiger partial charge in [-0.05, 0) is 92.3 Å². The van der Waals surface area contributed by atoms with Crippen molar-refractivity contribution >= 4 is 0 Å². The van der Waals surface area contributed by atoms with Crippen molar-refractivity contribution in [1.29, 1.82) is 0 Å². The fourth-order valence-corrected chi connectivity index (χ4v) is 9.37. The molecule has 0 spiro atoms. The number of nitrogens with two attached hydrogens (primary N) is 1. The average Bonchev–Trinajstić information content (AvgIpc) is 3.04. The van der Waals surface area contributed by atoms with Gasteiger partial charge in [-0.15, -0.1) is 0 Å². The van der Waals surface area contributed by atoms with Gasteiger partial charge in [0.25, 0.3) is 0 Å². The molecule has 0 aromatic heterocycles. The minimum atomic E-state index is -0.984. The monoisotopic (exact) mass is 419 g/mol. The summed E-state index contributed by atoms with van der Waals surface area (Å²) < 4.78 is 0. The Labute approximate surface area is 185 Å². The fourth-order valence-electron chi connectivity index (χ4n) is 9.37. The van der Waals surface area contributed by atoms with Gasteiger partial charge in [-0.25, -0.2) is 0 Å². The molecule has 0 heterocycles. The second kappa shape index (κ2) is 8.03. The molecule has 3 nitrogen and oxygen atoms in total. The van der Waals surface area contributed by atoms with E-state index in [0.29, 0.717) is 11.3 Å². The fraction of sp³-hybridized carbons (Fsp3) is 1.00. The molecule has 0 radical (unpaired) electrons. The van der Waals surface area contributed by atoms with E-state index in [0.717, 1.165) is 55.3 Å². The van der Waals surface area contributed by atoms with E-state index in [2.05, 4.69) is 34.6 Å². The van der Waals surface area contributed by atoms with Crippen LogP contribution in [0.25, 0.3) is 0 Å². The lowest BCUT2D eigenvalue weighted by Gasteiger charge is -2.65. The molecule has 4 fully saturated rings. The summed E-state index contributed by atoms with van der Waals surface area (Å²) in [6.07, 6.45) is 12.3. The molecule has 0 aliphatic heterocycles. The SMILES string of the molecule is CC(C)CCC[C@@H](C)[C@H]1CCC2C3CC[C@@]4(O)[C@H](O)[C@@H](N)CC[C@]4(C)C3CCC21C. The summed E-state index contributed by atoms with van der Waals surface area (Å²) in [5.74, 6) is 4.61. The van der Waals surface area contributed by atoms with E-state index < -0.39 is 11.7 Å². The topological polar surface area (TPSA) is 66.5 Å². The van der Waals surface area contributed by atoms with Crippen molar-refractivity contribution in [2.75, 3.05) is 0 Å². The van der Waals surface area contributed by atoms with Gasteiger partial charge in [0.15, 0.2) is 0 Å². The highest BCUT2D eigenvalue weighted by atomic mass is 16.3. The smallest absolute Gasteiger partial charge is 0.0982 e. The van der Waals surface area contributed by atoms with Gasteiger partial charge in [-0.2, -0.15) is 0 Å². The Morgan fingerprint density at radius 2 is 1.63 bits per heavy atom. The normalized spacial score (nSPS) is 51.9. The lowest BCUT2D eigenvalue weighted by molar-refractivity contribution is -0.249. The summed E-state index contributed by atoms with van der Waals surface area (Å²) in [5, 5.41) is 22.6. The molecular formula is C27H49NO2. The van der Waals surface area contributed by atoms with Crippen LogP contribution in [0.2, 0.25) is 0 Å². The highest BCUT2D eigenvalue weighted by Gasteiger charge is 2.66. The van der Waals surface area contributed by atoms with Crippen molar-refractivity contribution in [3.05, 3.63) is 0 Å². The summed E-state index contributed by atoms with van der Waals surface area (Å²) >= 11 is 0. The summed E-state index contributed by atoms with van der Waals surface area (Å²) in [5.41, 5.74) is 5.53. The Hall–Kier alpha value is -0.120. The van der Waals surface area contributed by atoms with Crippen molar-refractivity contribution in [1.82, 2.24) is 0 Å². The van der Waals surface area contributed by atoms with E-state index >= 15 is 0 Å². The number of hydrogen-bond acceptors (Lipinski definition) is 3. The van der Waals surface area contributed by atoms with Crippen LogP contribution < -0.4 is 5.73 Å². The summed E-state index contributed by atoms with van der Waals surface area (Å²) in [7, 11) is 0. The van der Waals surface area contributed by atoms with Gasteiger partial charge < -0.3 is 15.9 Å². The van der Waals surface area contributed by atoms with Crippen LogP contribution in [0.15, 0.2) is 0 Å². The van der Waals surface area contributed by atoms with Gasteiger partial charge >= 0.3 is 0 Å². The van der Waals surface area contributed by atoms with E-state index in [1.165, 1.54) is 44.9 Å². The third-order valence-electron chi connectivity index (χ3n) is 11.2. The number of rotatable bonds is 5. The van der Waals surface area contributed by atoms with E-state index in [9.17, 15) is 10.2 Å². The zero-order valence-electron chi connectivity index (χ0n) is 20.4. The van der Waals surface area contributed by atoms with Crippen LogP contribution >= 0.6 is 0 Å². The Balaban J connectivity index is 1.51. The second-order valence-electron chi connectivity index (χ2n) is 12.9. The van der Waals surface area contributed by atoms with Crippen LogP contribution in [0.1, 0.15) is 105 Å². The molecule has 0 aromatic carbocycles. The first-order chi connectivity index (χ1) is 14.0. The van der Waals surface area contributed by atoms with Gasteiger partial charge in [0.1, 0.15) is 0 Å². The highest BCUT2D eigenvalue weighted by molar-refractivity contribution is 5.17. The lowest BCUT2D eigenvalue weighted by Crippen LogP contribution is -2.70. The third kappa shape index (κ3) is 3.32. The highest BCUT2D eigenvalue weighted by Crippen LogP contribution is 2.69. The van der Waals surface area contributed by atoms with E-state index in [1.807, 2.05) is 0 Å². The first-order valence-electron chi connectivity index (χ1n) is 13.2. The van der Waals surface area contributed by atoms with Crippen molar-refractivity contribution in [2.24, 2.45) is 52.1 Å².